The van der Waals surface area contributed by atoms with E-state index in [1.54, 1.807) is 23.1 Å². The molecule has 1 fully saturated rings. The third kappa shape index (κ3) is 3.21. The fourth-order valence-electron chi connectivity index (χ4n) is 2.20. The van der Waals surface area contributed by atoms with Crippen LogP contribution in [0.2, 0.25) is 0 Å². The van der Waals surface area contributed by atoms with Gasteiger partial charge >= 0.3 is 0 Å². The van der Waals surface area contributed by atoms with Crippen molar-refractivity contribution < 1.29 is 9.18 Å². The van der Waals surface area contributed by atoms with Gasteiger partial charge in [0.25, 0.3) is 5.91 Å². The fourth-order valence-corrected chi connectivity index (χ4v) is 2.20. The largest absolute Gasteiger partial charge is 0.337 e. The van der Waals surface area contributed by atoms with Gasteiger partial charge < -0.3 is 10.2 Å². The van der Waals surface area contributed by atoms with Crippen LogP contribution in [0.5, 0.6) is 0 Å². The number of likely N-dealkylation sites (N-methyl/N-ethyl adjacent to an activating group) is 1. The lowest BCUT2D eigenvalue weighted by Crippen LogP contribution is -2.47. The molecule has 1 saturated heterocycles. The number of hydrogen-bond acceptors (Lipinski definition) is 2. The number of rotatable bonds is 2. The zero-order valence-electron chi connectivity index (χ0n) is 10.4. The minimum Gasteiger partial charge on any atom is -0.337 e. The van der Waals surface area contributed by atoms with E-state index in [2.05, 4.69) is 5.32 Å². The zero-order chi connectivity index (χ0) is 12.3. The lowest BCUT2D eigenvalue weighted by atomic mass is 10.0. The van der Waals surface area contributed by atoms with Crippen molar-refractivity contribution >= 4 is 18.3 Å². The lowest BCUT2D eigenvalue weighted by molar-refractivity contribution is 0.0693. The van der Waals surface area contributed by atoms with Gasteiger partial charge in [-0.15, -0.1) is 12.4 Å². The number of hydrogen-bond donors (Lipinski definition) is 1. The van der Waals surface area contributed by atoms with Gasteiger partial charge in [-0.05, 0) is 32.0 Å². The molecule has 1 amide bonds. The van der Waals surface area contributed by atoms with Gasteiger partial charge in [0.1, 0.15) is 5.82 Å². The number of carbonyl (C=O) groups is 1. The van der Waals surface area contributed by atoms with Gasteiger partial charge in [0.2, 0.25) is 0 Å². The van der Waals surface area contributed by atoms with Gasteiger partial charge in [0.05, 0.1) is 5.56 Å². The summed E-state index contributed by atoms with van der Waals surface area (Å²) in [4.78, 5) is 13.9. The first-order valence-corrected chi connectivity index (χ1v) is 5.93. The number of nitrogens with one attached hydrogen (secondary N) is 1. The highest BCUT2D eigenvalue weighted by Gasteiger charge is 2.24. The number of likely N-dealkylation sites (tertiary alicyclic amines) is 1. The maximum absolute atomic E-state index is 13.5. The third-order valence-electron chi connectivity index (χ3n) is 3.22. The van der Waals surface area contributed by atoms with Crippen molar-refractivity contribution in [1.29, 1.82) is 0 Å². The lowest BCUT2D eigenvalue weighted by Gasteiger charge is -2.32. The summed E-state index contributed by atoms with van der Waals surface area (Å²) in [5.41, 5.74) is 0.171. The molecule has 100 valence electrons. The van der Waals surface area contributed by atoms with E-state index in [0.29, 0.717) is 19.1 Å². The van der Waals surface area contributed by atoms with Crippen molar-refractivity contribution in [3.05, 3.63) is 35.6 Å². The molecule has 2 rings (SSSR count). The molecular weight excluding hydrogens is 255 g/mol. The number of piperidine rings is 1. The number of carbonyl (C=O) groups excluding carboxylic acids is 1. The van der Waals surface area contributed by atoms with Crippen molar-refractivity contribution in [3.63, 3.8) is 0 Å². The van der Waals surface area contributed by atoms with Crippen molar-refractivity contribution in [2.45, 2.75) is 18.9 Å². The van der Waals surface area contributed by atoms with E-state index in [-0.39, 0.29) is 23.9 Å². The Labute approximate surface area is 113 Å². The van der Waals surface area contributed by atoms with Crippen LogP contribution in [0.4, 0.5) is 4.39 Å². The van der Waals surface area contributed by atoms with Gasteiger partial charge in [-0.25, -0.2) is 4.39 Å². The second kappa shape index (κ2) is 6.71. The first-order chi connectivity index (χ1) is 8.22. The molecular formula is C13H18ClFN2O. The normalized spacial score (nSPS) is 19.2. The Morgan fingerprint density at radius 3 is 2.83 bits per heavy atom. The average molecular weight is 273 g/mol. The summed E-state index contributed by atoms with van der Waals surface area (Å²) in [5.74, 6) is -0.646. The summed E-state index contributed by atoms with van der Waals surface area (Å²) in [5, 5.41) is 3.17. The molecule has 1 aliphatic heterocycles. The van der Waals surface area contributed by atoms with Crippen molar-refractivity contribution in [2.75, 3.05) is 20.1 Å². The number of benzene rings is 1. The monoisotopic (exact) mass is 272 g/mol. The molecule has 0 aliphatic carbocycles. The van der Waals surface area contributed by atoms with Gasteiger partial charge in [-0.2, -0.15) is 0 Å². The van der Waals surface area contributed by atoms with E-state index in [4.69, 9.17) is 0 Å². The SMILES string of the molecule is CN[C@@H]1CCCN(C(=O)c2ccccc2F)C1.Cl. The molecule has 1 heterocycles. The smallest absolute Gasteiger partial charge is 0.256 e. The Kier molecular flexibility index (Phi) is 5.56. The summed E-state index contributed by atoms with van der Waals surface area (Å²) in [7, 11) is 1.89. The summed E-state index contributed by atoms with van der Waals surface area (Å²) < 4.78 is 13.5. The van der Waals surface area contributed by atoms with E-state index < -0.39 is 5.82 Å². The Bertz CT molecular complexity index is 414. The Morgan fingerprint density at radius 2 is 2.17 bits per heavy atom. The van der Waals surface area contributed by atoms with Gasteiger partial charge in [-0.1, -0.05) is 12.1 Å². The molecule has 0 spiro atoms. The van der Waals surface area contributed by atoms with Gasteiger partial charge in [0, 0.05) is 19.1 Å². The van der Waals surface area contributed by atoms with Crippen LogP contribution in [0, 0.1) is 5.82 Å². The van der Waals surface area contributed by atoms with Crippen molar-refractivity contribution in [2.24, 2.45) is 0 Å². The number of amides is 1. The number of nitrogens with zero attached hydrogens (tertiary/aromatic N) is 1. The van der Waals surface area contributed by atoms with Crippen LogP contribution in [-0.2, 0) is 0 Å². The average Bonchev–Trinajstić information content (AvgIpc) is 2.38. The van der Waals surface area contributed by atoms with Crippen LogP contribution in [0.25, 0.3) is 0 Å². The molecule has 0 aromatic heterocycles. The molecule has 1 atom stereocenters. The van der Waals surface area contributed by atoms with E-state index in [0.717, 1.165) is 12.8 Å². The van der Waals surface area contributed by atoms with Crippen LogP contribution in [0.1, 0.15) is 23.2 Å². The first kappa shape index (κ1) is 14.9. The standard InChI is InChI=1S/C13H17FN2O.ClH/c1-15-10-5-4-8-16(9-10)13(17)11-6-2-3-7-12(11)14;/h2-3,6-7,10,15H,4-5,8-9H2,1H3;1H/t10-;/m1./s1. The van der Waals surface area contributed by atoms with E-state index in [1.807, 2.05) is 7.05 Å². The zero-order valence-corrected chi connectivity index (χ0v) is 11.2. The van der Waals surface area contributed by atoms with Crippen LogP contribution < -0.4 is 5.32 Å². The maximum Gasteiger partial charge on any atom is 0.256 e. The minimum atomic E-state index is -0.441. The molecule has 18 heavy (non-hydrogen) atoms. The van der Waals surface area contributed by atoms with Crippen LogP contribution >= 0.6 is 12.4 Å². The van der Waals surface area contributed by atoms with Crippen molar-refractivity contribution in [3.8, 4) is 0 Å². The molecule has 0 saturated carbocycles. The summed E-state index contributed by atoms with van der Waals surface area (Å²) >= 11 is 0. The molecule has 5 heteroatoms. The second-order valence-corrected chi connectivity index (χ2v) is 4.36. The molecule has 1 N–H and O–H groups in total. The molecule has 3 nitrogen and oxygen atoms in total. The van der Waals surface area contributed by atoms with Crippen LogP contribution in [0.15, 0.2) is 24.3 Å². The third-order valence-corrected chi connectivity index (χ3v) is 3.22. The summed E-state index contributed by atoms with van der Waals surface area (Å²) in [6.45, 7) is 1.37. The molecule has 1 aromatic rings. The molecule has 1 aromatic carbocycles. The fraction of sp³-hybridized carbons (Fsp3) is 0.462. The quantitative estimate of drug-likeness (QED) is 0.894. The Morgan fingerprint density at radius 1 is 1.44 bits per heavy atom. The highest BCUT2D eigenvalue weighted by molar-refractivity contribution is 5.94. The predicted octanol–water partition coefficient (Wildman–Crippen LogP) is 2.07. The van der Waals surface area contributed by atoms with Gasteiger partial charge in [-0.3, -0.25) is 4.79 Å². The Hall–Kier alpha value is -1.13. The summed E-state index contributed by atoms with van der Waals surface area (Å²) in [6, 6.07) is 6.47. The van der Waals surface area contributed by atoms with E-state index in [9.17, 15) is 9.18 Å². The summed E-state index contributed by atoms with van der Waals surface area (Å²) in [6.07, 6.45) is 2.03. The molecule has 0 unspecified atom stereocenters. The van der Waals surface area contributed by atoms with E-state index >= 15 is 0 Å². The Balaban J connectivity index is 0.00000162. The van der Waals surface area contributed by atoms with Gasteiger partial charge in [0.15, 0.2) is 0 Å². The number of halogens is 2. The van der Waals surface area contributed by atoms with E-state index in [1.165, 1.54) is 6.07 Å². The highest BCUT2D eigenvalue weighted by Crippen LogP contribution is 2.15. The predicted molar refractivity (Wildman–Crippen MR) is 71.6 cm³/mol. The topological polar surface area (TPSA) is 32.3 Å². The van der Waals surface area contributed by atoms with Crippen LogP contribution in [-0.4, -0.2) is 37.0 Å². The van der Waals surface area contributed by atoms with Crippen molar-refractivity contribution in [1.82, 2.24) is 10.2 Å². The second-order valence-electron chi connectivity index (χ2n) is 4.36. The minimum absolute atomic E-state index is 0. The molecule has 1 aliphatic rings. The first-order valence-electron chi connectivity index (χ1n) is 5.93. The van der Waals surface area contributed by atoms with Crippen LogP contribution in [0.3, 0.4) is 0 Å². The molecule has 0 bridgehead atoms. The maximum atomic E-state index is 13.5. The highest BCUT2D eigenvalue weighted by atomic mass is 35.5. The molecule has 0 radical (unpaired) electrons.